The minimum absolute atomic E-state index is 0.163. The predicted molar refractivity (Wildman–Crippen MR) is 90.9 cm³/mol. The zero-order chi connectivity index (χ0) is 18.9. The average Bonchev–Trinajstić information content (AvgIpc) is 3.06. The molecule has 1 fully saturated rings. The van der Waals surface area contributed by atoms with Crippen LogP contribution in [-0.4, -0.2) is 58.4 Å². The third-order valence-corrected chi connectivity index (χ3v) is 4.42. The van der Waals surface area contributed by atoms with E-state index in [9.17, 15) is 13.2 Å². The number of anilines is 1. The number of hydrogen-bond acceptors (Lipinski definition) is 6. The van der Waals surface area contributed by atoms with Crippen molar-refractivity contribution in [2.75, 3.05) is 31.1 Å². The number of pyridine rings is 1. The van der Waals surface area contributed by atoms with E-state index in [1.165, 1.54) is 4.90 Å². The molecule has 0 radical (unpaired) electrons. The van der Waals surface area contributed by atoms with Crippen molar-refractivity contribution < 1.29 is 17.7 Å². The third-order valence-electron chi connectivity index (χ3n) is 4.42. The highest BCUT2D eigenvalue weighted by atomic mass is 19.4. The molecule has 2 aromatic heterocycles. The van der Waals surface area contributed by atoms with Gasteiger partial charge in [0, 0.05) is 43.4 Å². The predicted octanol–water partition coefficient (Wildman–Crippen LogP) is 3.33. The Hall–Kier alpha value is -2.16. The Balaban J connectivity index is 1.72. The van der Waals surface area contributed by atoms with Crippen molar-refractivity contribution in [2.45, 2.75) is 38.9 Å². The second-order valence-corrected chi connectivity index (χ2v) is 6.90. The van der Waals surface area contributed by atoms with Gasteiger partial charge in [-0.1, -0.05) is 19.0 Å². The van der Waals surface area contributed by atoms with E-state index in [0.29, 0.717) is 37.2 Å². The molecule has 0 aromatic carbocycles. The summed E-state index contributed by atoms with van der Waals surface area (Å²) in [5.74, 6) is 1.91. The molecule has 1 saturated heterocycles. The number of alkyl halides is 3. The van der Waals surface area contributed by atoms with Crippen LogP contribution in [0.2, 0.25) is 0 Å². The Labute approximate surface area is 150 Å². The van der Waals surface area contributed by atoms with E-state index in [-0.39, 0.29) is 12.0 Å². The third kappa shape index (κ3) is 4.32. The molecule has 0 saturated carbocycles. The fourth-order valence-electron chi connectivity index (χ4n) is 2.98. The Morgan fingerprint density at radius 2 is 2.08 bits per heavy atom. The maximum atomic E-state index is 12.6. The first-order valence-corrected chi connectivity index (χ1v) is 8.58. The number of hydrogen-bond donors (Lipinski definition) is 0. The first kappa shape index (κ1) is 18.6. The van der Waals surface area contributed by atoms with Gasteiger partial charge in [-0.3, -0.25) is 4.90 Å². The topological polar surface area (TPSA) is 58.3 Å². The molecule has 1 aliphatic heterocycles. The lowest BCUT2D eigenvalue weighted by Crippen LogP contribution is -2.54. The van der Waals surface area contributed by atoms with Crippen LogP contribution in [0.4, 0.5) is 19.0 Å². The molecule has 1 unspecified atom stereocenters. The van der Waals surface area contributed by atoms with Crippen LogP contribution in [-0.2, 0) is 0 Å². The molecule has 0 aliphatic carbocycles. The lowest BCUT2D eigenvalue weighted by atomic mass is 10.1. The van der Waals surface area contributed by atoms with Crippen LogP contribution < -0.4 is 4.90 Å². The number of halogens is 3. The largest absolute Gasteiger partial charge is 0.401 e. The van der Waals surface area contributed by atoms with Crippen molar-refractivity contribution in [1.82, 2.24) is 20.0 Å². The minimum atomic E-state index is -4.18. The molecule has 9 heteroatoms. The second kappa shape index (κ2) is 7.22. The fraction of sp³-hybridized carbons (Fsp3) is 0.588. The lowest BCUT2D eigenvalue weighted by Gasteiger charge is -2.40. The molecule has 0 N–H and O–H groups in total. The van der Waals surface area contributed by atoms with Crippen LogP contribution in [0.15, 0.2) is 22.9 Å². The summed E-state index contributed by atoms with van der Waals surface area (Å²) in [5, 5.41) is 3.96. The van der Waals surface area contributed by atoms with Gasteiger partial charge in [-0.2, -0.15) is 18.2 Å². The van der Waals surface area contributed by atoms with Gasteiger partial charge in [0.2, 0.25) is 0 Å². The molecule has 3 rings (SSSR count). The number of piperazine rings is 1. The zero-order valence-corrected chi connectivity index (χ0v) is 15.0. The molecule has 2 aromatic rings. The molecular formula is C17H22F3N5O. The Morgan fingerprint density at radius 1 is 1.31 bits per heavy atom. The van der Waals surface area contributed by atoms with Crippen LogP contribution in [0.25, 0.3) is 11.5 Å². The highest BCUT2D eigenvalue weighted by Gasteiger charge is 2.35. The number of nitrogens with zero attached hydrogens (tertiary/aromatic N) is 5. The van der Waals surface area contributed by atoms with Crippen molar-refractivity contribution in [3.8, 4) is 11.5 Å². The van der Waals surface area contributed by atoms with Gasteiger partial charge in [-0.05, 0) is 19.1 Å². The van der Waals surface area contributed by atoms with Crippen molar-refractivity contribution in [3.63, 3.8) is 0 Å². The maximum absolute atomic E-state index is 12.6. The number of aromatic nitrogens is 3. The highest BCUT2D eigenvalue weighted by Crippen LogP contribution is 2.26. The van der Waals surface area contributed by atoms with Gasteiger partial charge in [0.25, 0.3) is 5.89 Å². The van der Waals surface area contributed by atoms with E-state index in [1.807, 2.05) is 24.8 Å². The summed E-state index contributed by atoms with van der Waals surface area (Å²) >= 11 is 0. The Bertz CT molecular complexity index is 746. The Kier molecular flexibility index (Phi) is 5.17. The maximum Gasteiger partial charge on any atom is 0.401 e. The molecule has 0 amide bonds. The molecule has 0 spiro atoms. The molecular weight excluding hydrogens is 347 g/mol. The van der Waals surface area contributed by atoms with Crippen LogP contribution in [0.5, 0.6) is 0 Å². The molecule has 1 atom stereocenters. The standard InChI is InChI=1S/C17H22F3N5O/c1-11(2)15-22-16(26-23-15)13-4-5-21-14(8-13)24-6-7-25(12(3)9-24)10-17(18,19)20/h4-5,8,11-12H,6-7,9-10H2,1-3H3. The molecule has 6 nitrogen and oxygen atoms in total. The lowest BCUT2D eigenvalue weighted by molar-refractivity contribution is -0.150. The summed E-state index contributed by atoms with van der Waals surface area (Å²) in [7, 11) is 0. The van der Waals surface area contributed by atoms with Crippen molar-refractivity contribution in [1.29, 1.82) is 0 Å². The van der Waals surface area contributed by atoms with Gasteiger partial charge in [0.1, 0.15) is 5.82 Å². The summed E-state index contributed by atoms with van der Waals surface area (Å²) in [6, 6.07) is 3.40. The van der Waals surface area contributed by atoms with E-state index in [1.54, 1.807) is 19.2 Å². The normalized spacial score (nSPS) is 19.3. The van der Waals surface area contributed by atoms with Gasteiger partial charge in [0.15, 0.2) is 5.82 Å². The average molecular weight is 369 g/mol. The molecule has 0 bridgehead atoms. The fourth-order valence-corrected chi connectivity index (χ4v) is 2.98. The van der Waals surface area contributed by atoms with Gasteiger partial charge in [0.05, 0.1) is 6.54 Å². The second-order valence-electron chi connectivity index (χ2n) is 6.90. The molecule has 26 heavy (non-hydrogen) atoms. The molecule has 3 heterocycles. The summed E-state index contributed by atoms with van der Waals surface area (Å²) < 4.78 is 43.2. The monoisotopic (exact) mass is 369 g/mol. The van der Waals surface area contributed by atoms with Gasteiger partial charge < -0.3 is 9.42 Å². The smallest absolute Gasteiger partial charge is 0.354 e. The first-order valence-electron chi connectivity index (χ1n) is 8.58. The van der Waals surface area contributed by atoms with Crippen molar-refractivity contribution >= 4 is 5.82 Å². The van der Waals surface area contributed by atoms with Gasteiger partial charge in [-0.15, -0.1) is 0 Å². The van der Waals surface area contributed by atoms with E-state index < -0.39 is 12.7 Å². The zero-order valence-electron chi connectivity index (χ0n) is 15.0. The van der Waals surface area contributed by atoms with Gasteiger partial charge in [-0.25, -0.2) is 4.98 Å². The summed E-state index contributed by atoms with van der Waals surface area (Å²) in [6.45, 7) is 6.18. The Morgan fingerprint density at radius 3 is 2.69 bits per heavy atom. The first-order chi connectivity index (χ1) is 12.2. The van der Waals surface area contributed by atoms with Crippen LogP contribution in [0, 0.1) is 0 Å². The minimum Gasteiger partial charge on any atom is -0.354 e. The summed E-state index contributed by atoms with van der Waals surface area (Å²) in [4.78, 5) is 12.2. The molecule has 142 valence electrons. The van der Waals surface area contributed by atoms with E-state index >= 15 is 0 Å². The number of rotatable bonds is 4. The van der Waals surface area contributed by atoms with Gasteiger partial charge >= 0.3 is 6.18 Å². The van der Waals surface area contributed by atoms with Crippen LogP contribution >= 0.6 is 0 Å². The SMILES string of the molecule is CC(C)c1noc(-c2ccnc(N3CCN(CC(F)(F)F)C(C)C3)c2)n1. The summed E-state index contributed by atoms with van der Waals surface area (Å²) in [5.41, 5.74) is 0.750. The van der Waals surface area contributed by atoms with E-state index in [4.69, 9.17) is 4.52 Å². The molecule has 1 aliphatic rings. The highest BCUT2D eigenvalue weighted by molar-refractivity contribution is 5.58. The summed E-state index contributed by atoms with van der Waals surface area (Å²) in [6.07, 6.45) is -2.53. The van der Waals surface area contributed by atoms with Crippen molar-refractivity contribution in [2.24, 2.45) is 0 Å². The van der Waals surface area contributed by atoms with E-state index in [2.05, 4.69) is 15.1 Å². The van der Waals surface area contributed by atoms with Crippen molar-refractivity contribution in [3.05, 3.63) is 24.2 Å². The quantitative estimate of drug-likeness (QED) is 0.824. The van der Waals surface area contributed by atoms with E-state index in [0.717, 1.165) is 5.56 Å². The van der Waals surface area contributed by atoms with Crippen LogP contribution in [0.1, 0.15) is 32.5 Å². The van der Waals surface area contributed by atoms with Crippen LogP contribution in [0.3, 0.4) is 0 Å².